The molecule has 0 aliphatic heterocycles. The molecular weight excluding hydrogens is 755 g/mol. The first-order valence-corrected chi connectivity index (χ1v) is 21.0. The molecule has 0 fully saturated rings. The maximum Gasteiger partial charge on any atom is 0.238 e. The van der Waals surface area contributed by atoms with E-state index in [-0.39, 0.29) is 0 Å². The summed E-state index contributed by atoms with van der Waals surface area (Å²) in [4.78, 5) is 15.9. The zero-order chi connectivity index (χ0) is 41.0. The van der Waals surface area contributed by atoms with Gasteiger partial charge in [0.1, 0.15) is 0 Å². The van der Waals surface area contributed by atoms with Gasteiger partial charge in [0, 0.05) is 38.4 Å². The van der Waals surface area contributed by atoms with E-state index in [2.05, 4.69) is 209 Å². The molecule has 0 radical (unpaired) electrons. The Morgan fingerprint density at radius 2 is 0.758 bits per heavy atom. The molecule has 3 aromatic heterocycles. The first-order chi connectivity index (χ1) is 30.8. The Kier molecular flexibility index (Phi) is 8.42. The second kappa shape index (κ2) is 14.7. The van der Waals surface area contributed by atoms with Gasteiger partial charge in [0.15, 0.2) is 11.6 Å². The van der Waals surface area contributed by atoms with Crippen molar-refractivity contribution >= 4 is 43.6 Å². The molecule has 9 aromatic carbocycles. The fourth-order valence-corrected chi connectivity index (χ4v) is 9.13. The topological polar surface area (TPSA) is 48.5 Å². The van der Waals surface area contributed by atoms with E-state index in [9.17, 15) is 0 Å². The van der Waals surface area contributed by atoms with Gasteiger partial charge in [-0.3, -0.25) is 4.57 Å². The average Bonchev–Trinajstić information content (AvgIpc) is 3.88. The Bertz CT molecular complexity index is 3590. The average molecular weight is 792 g/mol. The Hall–Kier alpha value is -8.41. The lowest BCUT2D eigenvalue weighted by Crippen LogP contribution is -2.07. The van der Waals surface area contributed by atoms with Crippen LogP contribution >= 0.6 is 0 Å². The van der Waals surface area contributed by atoms with Gasteiger partial charge in [-0.1, -0.05) is 194 Å². The Labute approximate surface area is 358 Å². The highest BCUT2D eigenvalue weighted by molar-refractivity contribution is 6.28. The van der Waals surface area contributed by atoms with Crippen LogP contribution in [0.25, 0.3) is 111 Å². The molecule has 5 nitrogen and oxygen atoms in total. The highest BCUT2D eigenvalue weighted by atomic mass is 15.2. The van der Waals surface area contributed by atoms with Crippen LogP contribution in [0.15, 0.2) is 224 Å². The molecule has 0 N–H and O–H groups in total. The van der Waals surface area contributed by atoms with Crippen molar-refractivity contribution in [2.75, 3.05) is 0 Å². The number of para-hydroxylation sites is 2. The molecule has 0 unspecified atom stereocenters. The largest absolute Gasteiger partial charge is 0.307 e. The van der Waals surface area contributed by atoms with Crippen LogP contribution < -0.4 is 0 Å². The standard InChI is InChI=1S/C57H37N5/c1-5-18-38(19-6-1)40-32-34-43(35-33-40)56-58-55(42-24-11-4-12-25-42)59-57(60-56)62-50-30-15-13-28-46(50)49-37-48(41-22-9-3-10-23-41)52-47-29-14-16-31-51(47)61(54(52)53(49)62)45-27-17-26-44(36-45)39-20-7-2-8-21-39/h1-37H. The van der Waals surface area contributed by atoms with E-state index in [4.69, 9.17) is 15.0 Å². The molecule has 0 atom stereocenters. The molecule has 0 aliphatic rings. The van der Waals surface area contributed by atoms with Gasteiger partial charge < -0.3 is 4.57 Å². The number of fused-ring (bicyclic) bond motifs is 7. The number of nitrogens with zero attached hydrogens (tertiary/aromatic N) is 5. The Morgan fingerprint density at radius 3 is 1.40 bits per heavy atom. The van der Waals surface area contributed by atoms with E-state index in [1.165, 1.54) is 21.9 Å². The number of aromatic nitrogens is 5. The van der Waals surface area contributed by atoms with Crippen molar-refractivity contribution in [2.24, 2.45) is 0 Å². The molecule has 0 amide bonds. The molecule has 0 spiro atoms. The van der Waals surface area contributed by atoms with E-state index < -0.39 is 0 Å². The summed E-state index contributed by atoms with van der Waals surface area (Å²) < 4.78 is 4.72. The summed E-state index contributed by atoms with van der Waals surface area (Å²) in [7, 11) is 0. The van der Waals surface area contributed by atoms with Crippen LogP contribution in [0.5, 0.6) is 0 Å². The minimum Gasteiger partial charge on any atom is -0.307 e. The van der Waals surface area contributed by atoms with Crippen LogP contribution in [0.2, 0.25) is 0 Å². The maximum atomic E-state index is 5.40. The minimum absolute atomic E-state index is 0.552. The SMILES string of the molecule is c1ccc(-c2ccc(-c3nc(-c4ccccc4)nc(-n4c5ccccc5c5cc(-c6ccccc6)c6c7ccccc7n(-c7cccc(-c8ccccc8)c7)c6c54)n3)cc2)cc1. The molecule has 5 heteroatoms. The molecule has 12 rings (SSSR count). The summed E-state index contributed by atoms with van der Waals surface area (Å²) in [6.45, 7) is 0. The van der Waals surface area contributed by atoms with E-state index in [0.717, 1.165) is 71.9 Å². The number of rotatable bonds is 7. The van der Waals surface area contributed by atoms with Crippen molar-refractivity contribution < 1.29 is 0 Å². The summed E-state index contributed by atoms with van der Waals surface area (Å²) in [5, 5.41) is 4.57. The molecular formula is C57H37N5. The van der Waals surface area contributed by atoms with Gasteiger partial charge in [-0.2, -0.15) is 9.97 Å². The highest BCUT2D eigenvalue weighted by Gasteiger charge is 2.26. The summed E-state index contributed by atoms with van der Waals surface area (Å²) in [6, 6.07) is 79.3. The van der Waals surface area contributed by atoms with E-state index in [1.807, 2.05) is 24.3 Å². The number of hydrogen-bond acceptors (Lipinski definition) is 3. The first-order valence-electron chi connectivity index (χ1n) is 21.0. The van der Waals surface area contributed by atoms with Gasteiger partial charge >= 0.3 is 0 Å². The Balaban J connectivity index is 1.21. The van der Waals surface area contributed by atoms with Crippen molar-refractivity contribution in [3.63, 3.8) is 0 Å². The van der Waals surface area contributed by atoms with Crippen molar-refractivity contribution in [2.45, 2.75) is 0 Å². The van der Waals surface area contributed by atoms with Crippen molar-refractivity contribution in [3.05, 3.63) is 224 Å². The van der Waals surface area contributed by atoms with Crippen LogP contribution in [-0.4, -0.2) is 24.1 Å². The minimum atomic E-state index is 0.552. The molecule has 62 heavy (non-hydrogen) atoms. The lowest BCUT2D eigenvalue weighted by molar-refractivity contribution is 0.953. The maximum absolute atomic E-state index is 5.40. The normalized spacial score (nSPS) is 11.5. The quantitative estimate of drug-likeness (QED) is 0.162. The predicted octanol–water partition coefficient (Wildman–Crippen LogP) is 14.4. The molecule has 0 saturated heterocycles. The van der Waals surface area contributed by atoms with Gasteiger partial charge in [0.2, 0.25) is 5.95 Å². The summed E-state index contributed by atoms with van der Waals surface area (Å²) >= 11 is 0. The number of hydrogen-bond donors (Lipinski definition) is 0. The molecule has 0 saturated carbocycles. The van der Waals surface area contributed by atoms with Crippen LogP contribution in [0.1, 0.15) is 0 Å². The summed E-state index contributed by atoms with van der Waals surface area (Å²) in [5.41, 5.74) is 14.1. The number of benzene rings is 9. The van der Waals surface area contributed by atoms with Gasteiger partial charge in [-0.15, -0.1) is 0 Å². The Morgan fingerprint density at radius 1 is 0.290 bits per heavy atom. The predicted molar refractivity (Wildman–Crippen MR) is 256 cm³/mol. The molecule has 12 aromatic rings. The van der Waals surface area contributed by atoms with Crippen LogP contribution in [0.4, 0.5) is 0 Å². The smallest absolute Gasteiger partial charge is 0.238 e. The third-order valence-electron chi connectivity index (χ3n) is 12.0. The van der Waals surface area contributed by atoms with Crippen molar-refractivity contribution in [1.82, 2.24) is 24.1 Å². The second-order valence-corrected chi connectivity index (χ2v) is 15.6. The third kappa shape index (κ3) is 5.90. The van der Waals surface area contributed by atoms with Crippen LogP contribution in [0.3, 0.4) is 0 Å². The van der Waals surface area contributed by atoms with Gasteiger partial charge in [0.25, 0.3) is 0 Å². The van der Waals surface area contributed by atoms with Crippen LogP contribution in [0, 0.1) is 0 Å². The molecule has 0 bridgehead atoms. The molecule has 290 valence electrons. The molecule has 3 heterocycles. The van der Waals surface area contributed by atoms with Crippen LogP contribution in [-0.2, 0) is 0 Å². The lowest BCUT2D eigenvalue weighted by atomic mass is 9.96. The van der Waals surface area contributed by atoms with Gasteiger partial charge in [-0.05, 0) is 63.7 Å². The second-order valence-electron chi connectivity index (χ2n) is 15.6. The first kappa shape index (κ1) is 35.5. The zero-order valence-electron chi connectivity index (χ0n) is 33.6. The third-order valence-corrected chi connectivity index (χ3v) is 12.0. The van der Waals surface area contributed by atoms with Crippen molar-refractivity contribution in [1.29, 1.82) is 0 Å². The van der Waals surface area contributed by atoms with Gasteiger partial charge in [-0.25, -0.2) is 4.98 Å². The van der Waals surface area contributed by atoms with Gasteiger partial charge in [0.05, 0.1) is 22.1 Å². The van der Waals surface area contributed by atoms with Crippen molar-refractivity contribution in [3.8, 4) is 67.8 Å². The van der Waals surface area contributed by atoms with E-state index in [1.54, 1.807) is 0 Å². The molecule has 0 aliphatic carbocycles. The monoisotopic (exact) mass is 791 g/mol. The highest BCUT2D eigenvalue weighted by Crippen LogP contribution is 2.46. The summed E-state index contributed by atoms with van der Waals surface area (Å²) in [5.74, 6) is 1.76. The fraction of sp³-hybridized carbons (Fsp3) is 0. The van der Waals surface area contributed by atoms with E-state index in [0.29, 0.717) is 17.6 Å². The van der Waals surface area contributed by atoms with E-state index >= 15 is 0 Å². The fourth-order valence-electron chi connectivity index (χ4n) is 9.13. The summed E-state index contributed by atoms with van der Waals surface area (Å²) in [6.07, 6.45) is 0. The lowest BCUT2D eigenvalue weighted by Gasteiger charge is -2.15. The zero-order valence-corrected chi connectivity index (χ0v) is 33.6.